The van der Waals surface area contributed by atoms with Crippen LogP contribution in [0.1, 0.15) is 5.69 Å². The summed E-state index contributed by atoms with van der Waals surface area (Å²) in [5.74, 6) is 0. The molecular formula is C10H10N4O4S2. The first-order valence-electron chi connectivity index (χ1n) is 5.29. The summed E-state index contributed by atoms with van der Waals surface area (Å²) in [4.78, 5) is 13.9. The summed E-state index contributed by atoms with van der Waals surface area (Å²) in [5, 5.41) is 10.5. The molecule has 8 nitrogen and oxygen atoms in total. The number of anilines is 2. The van der Waals surface area contributed by atoms with Crippen molar-refractivity contribution in [3.05, 3.63) is 40.2 Å². The fourth-order valence-electron chi connectivity index (χ4n) is 1.44. The molecule has 0 saturated carbocycles. The Labute approximate surface area is 118 Å². The van der Waals surface area contributed by atoms with E-state index in [0.717, 1.165) is 6.07 Å². The molecule has 2 aromatic rings. The first kappa shape index (κ1) is 14.2. The van der Waals surface area contributed by atoms with Crippen LogP contribution in [0.25, 0.3) is 0 Å². The van der Waals surface area contributed by atoms with E-state index >= 15 is 0 Å². The number of nitrogens with two attached hydrogens (primary N) is 1. The third-order valence-corrected chi connectivity index (χ3v) is 5.22. The van der Waals surface area contributed by atoms with E-state index < -0.39 is 20.6 Å². The van der Waals surface area contributed by atoms with Gasteiger partial charge in [-0.2, -0.15) is 0 Å². The molecule has 20 heavy (non-hydrogen) atoms. The number of nitrogen functional groups attached to an aromatic ring is 1. The van der Waals surface area contributed by atoms with E-state index in [2.05, 4.69) is 9.71 Å². The normalized spacial score (nSPS) is 11.2. The van der Waals surface area contributed by atoms with Gasteiger partial charge in [0.25, 0.3) is 10.0 Å². The molecule has 0 aliphatic heterocycles. The largest absolute Gasteiger partial charge is 0.385 e. The van der Waals surface area contributed by atoms with E-state index in [1.165, 1.54) is 6.20 Å². The van der Waals surface area contributed by atoms with Crippen molar-refractivity contribution in [3.63, 3.8) is 0 Å². The van der Waals surface area contributed by atoms with Crippen LogP contribution in [0.5, 0.6) is 0 Å². The Hall–Kier alpha value is -2.20. The van der Waals surface area contributed by atoms with Crippen LogP contribution in [0.15, 0.2) is 28.6 Å². The highest BCUT2D eigenvalue weighted by Crippen LogP contribution is 2.35. The molecule has 0 atom stereocenters. The molecule has 0 saturated heterocycles. The second kappa shape index (κ2) is 5.06. The maximum Gasteiger partial charge on any atom is 0.304 e. The van der Waals surface area contributed by atoms with Crippen LogP contribution in [0.2, 0.25) is 0 Å². The molecule has 0 fully saturated rings. The SMILES string of the molecule is Cc1ncccc1NS(=O)(=O)c1cc([N+](=O)[O-])c(N)s1. The molecule has 0 aromatic carbocycles. The highest BCUT2D eigenvalue weighted by atomic mass is 32.2. The van der Waals surface area contributed by atoms with Gasteiger partial charge in [0.1, 0.15) is 4.21 Å². The minimum atomic E-state index is -3.93. The van der Waals surface area contributed by atoms with Gasteiger partial charge in [-0.05, 0) is 19.1 Å². The lowest BCUT2D eigenvalue weighted by molar-refractivity contribution is -0.383. The number of nitro groups is 1. The number of sulfonamides is 1. The van der Waals surface area contributed by atoms with E-state index in [9.17, 15) is 18.5 Å². The quantitative estimate of drug-likeness (QED) is 0.653. The van der Waals surface area contributed by atoms with Gasteiger partial charge in [-0.1, -0.05) is 11.3 Å². The predicted molar refractivity (Wildman–Crippen MR) is 75.2 cm³/mol. The van der Waals surface area contributed by atoms with Crippen LogP contribution in [-0.4, -0.2) is 18.3 Å². The number of aryl methyl sites for hydroxylation is 1. The Morgan fingerprint density at radius 2 is 2.20 bits per heavy atom. The van der Waals surface area contributed by atoms with Crippen LogP contribution >= 0.6 is 11.3 Å². The monoisotopic (exact) mass is 314 g/mol. The number of nitrogens with one attached hydrogen (secondary N) is 1. The van der Waals surface area contributed by atoms with Gasteiger partial charge in [-0.3, -0.25) is 19.8 Å². The zero-order valence-corrected chi connectivity index (χ0v) is 11.9. The molecule has 0 unspecified atom stereocenters. The van der Waals surface area contributed by atoms with Gasteiger partial charge in [0, 0.05) is 12.3 Å². The second-order valence-corrected chi connectivity index (χ2v) is 6.81. The van der Waals surface area contributed by atoms with Gasteiger partial charge in [0.2, 0.25) is 0 Å². The van der Waals surface area contributed by atoms with Crippen LogP contribution in [0, 0.1) is 17.0 Å². The van der Waals surface area contributed by atoms with Crippen molar-refractivity contribution in [2.75, 3.05) is 10.5 Å². The smallest absolute Gasteiger partial charge is 0.304 e. The summed E-state index contributed by atoms with van der Waals surface area (Å²) < 4.78 is 26.4. The zero-order valence-electron chi connectivity index (χ0n) is 10.2. The summed E-state index contributed by atoms with van der Waals surface area (Å²) in [7, 11) is -3.93. The Kier molecular flexibility index (Phi) is 3.59. The van der Waals surface area contributed by atoms with Gasteiger partial charge >= 0.3 is 5.69 Å². The lowest BCUT2D eigenvalue weighted by atomic mass is 10.3. The number of pyridine rings is 1. The van der Waals surface area contributed by atoms with Gasteiger partial charge in [0.05, 0.1) is 16.3 Å². The Morgan fingerprint density at radius 3 is 2.75 bits per heavy atom. The summed E-state index contributed by atoms with van der Waals surface area (Å²) in [5.41, 5.74) is 5.82. The van der Waals surface area contributed by atoms with Gasteiger partial charge in [-0.15, -0.1) is 0 Å². The molecule has 0 aliphatic carbocycles. The molecule has 0 aliphatic rings. The minimum Gasteiger partial charge on any atom is -0.385 e. The van der Waals surface area contributed by atoms with Crippen molar-refractivity contribution in [3.8, 4) is 0 Å². The van der Waals surface area contributed by atoms with E-state index in [1.54, 1.807) is 19.1 Å². The van der Waals surface area contributed by atoms with E-state index in [0.29, 0.717) is 22.7 Å². The Morgan fingerprint density at radius 1 is 1.50 bits per heavy atom. The number of hydrogen-bond acceptors (Lipinski definition) is 7. The second-order valence-electron chi connectivity index (χ2n) is 3.81. The number of thiophene rings is 1. The van der Waals surface area contributed by atoms with Gasteiger partial charge in [-0.25, -0.2) is 8.42 Å². The maximum absolute atomic E-state index is 12.1. The molecule has 2 heterocycles. The van der Waals surface area contributed by atoms with Crippen molar-refractivity contribution < 1.29 is 13.3 Å². The average Bonchev–Trinajstić information content (AvgIpc) is 2.75. The molecular weight excluding hydrogens is 304 g/mol. The fourth-order valence-corrected chi connectivity index (χ4v) is 3.77. The van der Waals surface area contributed by atoms with Crippen LogP contribution in [-0.2, 0) is 10.0 Å². The highest BCUT2D eigenvalue weighted by molar-refractivity contribution is 7.94. The molecule has 2 rings (SSSR count). The van der Waals surface area contributed by atoms with Crippen molar-refractivity contribution in [2.45, 2.75) is 11.1 Å². The van der Waals surface area contributed by atoms with Crippen molar-refractivity contribution in [2.24, 2.45) is 0 Å². The number of hydrogen-bond donors (Lipinski definition) is 2. The molecule has 10 heteroatoms. The molecule has 0 bridgehead atoms. The average molecular weight is 314 g/mol. The van der Waals surface area contributed by atoms with E-state index in [1.807, 2.05) is 0 Å². The zero-order chi connectivity index (χ0) is 14.9. The predicted octanol–water partition coefficient (Wildman–Crippen LogP) is 1.74. The third-order valence-electron chi connectivity index (χ3n) is 2.43. The third kappa shape index (κ3) is 2.70. The van der Waals surface area contributed by atoms with Crippen LogP contribution < -0.4 is 10.5 Å². The Bertz CT molecular complexity index is 769. The van der Waals surface area contributed by atoms with Crippen LogP contribution in [0.3, 0.4) is 0 Å². The van der Waals surface area contributed by atoms with Gasteiger partial charge in [0.15, 0.2) is 5.00 Å². The van der Waals surface area contributed by atoms with Crippen molar-refractivity contribution in [1.82, 2.24) is 4.98 Å². The van der Waals surface area contributed by atoms with Crippen molar-refractivity contribution in [1.29, 1.82) is 0 Å². The molecule has 106 valence electrons. The Balaban J connectivity index is 2.39. The lowest BCUT2D eigenvalue weighted by Crippen LogP contribution is -2.12. The molecule has 3 N–H and O–H groups in total. The topological polar surface area (TPSA) is 128 Å². The first-order valence-corrected chi connectivity index (χ1v) is 7.59. The fraction of sp³-hybridized carbons (Fsp3) is 0.100. The summed E-state index contributed by atoms with van der Waals surface area (Å²) in [6.45, 7) is 1.64. The lowest BCUT2D eigenvalue weighted by Gasteiger charge is -2.07. The molecule has 0 amide bonds. The molecule has 2 aromatic heterocycles. The first-order chi connectivity index (χ1) is 9.31. The highest BCUT2D eigenvalue weighted by Gasteiger charge is 2.25. The number of rotatable bonds is 4. The summed E-state index contributed by atoms with van der Waals surface area (Å²) >= 11 is 0.640. The number of nitrogens with zero attached hydrogens (tertiary/aromatic N) is 2. The minimum absolute atomic E-state index is 0.154. The van der Waals surface area contributed by atoms with E-state index in [-0.39, 0.29) is 9.21 Å². The summed E-state index contributed by atoms with van der Waals surface area (Å²) in [6.07, 6.45) is 1.53. The van der Waals surface area contributed by atoms with E-state index in [4.69, 9.17) is 5.73 Å². The molecule has 0 spiro atoms. The molecule has 0 radical (unpaired) electrons. The number of aromatic nitrogens is 1. The van der Waals surface area contributed by atoms with Gasteiger partial charge < -0.3 is 5.73 Å². The summed E-state index contributed by atoms with van der Waals surface area (Å²) in [6, 6.07) is 4.06. The standard InChI is InChI=1S/C10H10N4O4S2/c1-6-7(3-2-4-12-6)13-20(17,18)9-5-8(14(15)16)10(11)19-9/h2-5,13H,11H2,1H3. The van der Waals surface area contributed by atoms with Crippen molar-refractivity contribution >= 4 is 37.7 Å². The maximum atomic E-state index is 12.1. The van der Waals surface area contributed by atoms with Crippen LogP contribution in [0.4, 0.5) is 16.4 Å².